The van der Waals surface area contributed by atoms with Crippen LogP contribution in [-0.2, 0) is 0 Å². The van der Waals surface area contributed by atoms with Crippen molar-refractivity contribution in [2.45, 2.75) is 13.8 Å². The summed E-state index contributed by atoms with van der Waals surface area (Å²) >= 11 is 3.47. The van der Waals surface area contributed by atoms with E-state index in [0.29, 0.717) is 0 Å². The predicted octanol–water partition coefficient (Wildman–Crippen LogP) is 9.98. The predicted molar refractivity (Wildman–Crippen MR) is 153 cm³/mol. The first-order valence-electron chi connectivity index (χ1n) is 11.8. The van der Waals surface area contributed by atoms with Gasteiger partial charge in [0.2, 0.25) is 0 Å². The summed E-state index contributed by atoms with van der Waals surface area (Å²) in [7, 11) is 0. The van der Waals surface area contributed by atoms with E-state index in [2.05, 4.69) is 87.6 Å². The van der Waals surface area contributed by atoms with Crippen LogP contribution in [0.15, 0.2) is 132 Å². The van der Waals surface area contributed by atoms with Crippen molar-refractivity contribution in [2.75, 3.05) is 4.90 Å². The van der Waals surface area contributed by atoms with Gasteiger partial charge >= 0.3 is 0 Å². The molecular weight excluding hydrogens is 494 g/mol. The Kier molecular flexibility index (Phi) is 8.02. The molecule has 2 nitrogen and oxygen atoms in total. The summed E-state index contributed by atoms with van der Waals surface area (Å²) in [5, 5.41) is 11.0. The Morgan fingerprint density at radius 2 is 1.09 bits per heavy atom. The second kappa shape index (κ2) is 11.5. The average Bonchev–Trinajstić information content (AvgIpc) is 2.92. The fraction of sp³-hybridized carbons (Fsp3) is 0.0625. The molecule has 5 aromatic rings. The van der Waals surface area contributed by atoms with Crippen molar-refractivity contribution in [3.63, 3.8) is 0 Å². The second-order valence-corrected chi connectivity index (χ2v) is 8.71. The zero-order valence-corrected chi connectivity index (χ0v) is 21.5. The van der Waals surface area contributed by atoms with E-state index >= 15 is 0 Å². The van der Waals surface area contributed by atoms with Gasteiger partial charge in [-0.1, -0.05) is 103 Å². The Hall–Kier alpha value is -3.82. The summed E-state index contributed by atoms with van der Waals surface area (Å²) in [5.41, 5.74) is 7.03. The Bertz CT molecular complexity index is 1370. The maximum absolute atomic E-state index is 11.0. The van der Waals surface area contributed by atoms with Crippen LogP contribution < -0.4 is 4.90 Å². The molecule has 0 amide bonds. The number of phenols is 1. The smallest absolute Gasteiger partial charge is 0.125 e. The summed E-state index contributed by atoms with van der Waals surface area (Å²) in [4.78, 5) is 2.16. The highest BCUT2D eigenvalue weighted by atomic mass is 79.9. The number of para-hydroxylation sites is 1. The largest absolute Gasteiger partial charge is 0.507 e. The molecule has 0 heterocycles. The third-order valence-corrected chi connectivity index (χ3v) is 6.15. The molecule has 5 aromatic carbocycles. The number of rotatable bonds is 5. The summed E-state index contributed by atoms with van der Waals surface area (Å²) < 4.78 is 1.01. The van der Waals surface area contributed by atoms with Crippen molar-refractivity contribution in [2.24, 2.45) is 0 Å². The van der Waals surface area contributed by atoms with Crippen LogP contribution in [-0.4, -0.2) is 5.11 Å². The molecule has 0 saturated carbocycles. The van der Waals surface area contributed by atoms with Crippen LogP contribution in [0.1, 0.15) is 13.8 Å². The molecule has 35 heavy (non-hydrogen) atoms. The highest BCUT2D eigenvalue weighted by Gasteiger charge is 2.15. The maximum atomic E-state index is 11.0. The molecule has 3 heteroatoms. The van der Waals surface area contributed by atoms with Gasteiger partial charge in [-0.3, -0.25) is 0 Å². The summed E-state index contributed by atoms with van der Waals surface area (Å²) in [6.07, 6.45) is 0. The average molecular weight is 522 g/mol. The van der Waals surface area contributed by atoms with E-state index in [0.717, 1.165) is 38.2 Å². The van der Waals surface area contributed by atoms with Crippen molar-refractivity contribution < 1.29 is 5.11 Å². The van der Waals surface area contributed by atoms with E-state index in [1.807, 2.05) is 74.5 Å². The molecule has 5 rings (SSSR count). The molecule has 0 spiro atoms. The molecule has 0 atom stereocenters. The quantitative estimate of drug-likeness (QED) is 0.248. The Morgan fingerprint density at radius 3 is 1.74 bits per heavy atom. The number of benzene rings is 5. The molecule has 0 aliphatic carbocycles. The summed E-state index contributed by atoms with van der Waals surface area (Å²) in [6, 6.07) is 42.9. The number of halogens is 1. The third kappa shape index (κ3) is 5.64. The van der Waals surface area contributed by atoms with Gasteiger partial charge in [-0.2, -0.15) is 0 Å². The van der Waals surface area contributed by atoms with Crippen LogP contribution in [0.25, 0.3) is 22.3 Å². The van der Waals surface area contributed by atoms with Crippen LogP contribution in [0.2, 0.25) is 0 Å². The van der Waals surface area contributed by atoms with Crippen molar-refractivity contribution >= 4 is 33.0 Å². The molecule has 174 valence electrons. The molecule has 0 unspecified atom stereocenters. The summed E-state index contributed by atoms with van der Waals surface area (Å²) in [6.45, 7) is 4.00. The van der Waals surface area contributed by atoms with Gasteiger partial charge in [-0.05, 0) is 65.2 Å². The Labute approximate surface area is 216 Å². The van der Waals surface area contributed by atoms with Crippen LogP contribution in [0, 0.1) is 0 Å². The lowest BCUT2D eigenvalue weighted by molar-refractivity contribution is 0.477. The Balaban J connectivity index is 0.00000141. The number of anilines is 3. The highest BCUT2D eigenvalue weighted by Crippen LogP contribution is 2.40. The molecule has 0 aromatic heterocycles. The molecule has 0 radical (unpaired) electrons. The van der Waals surface area contributed by atoms with Gasteiger partial charge in [0.25, 0.3) is 0 Å². The molecule has 0 aliphatic heterocycles. The second-order valence-electron chi connectivity index (χ2n) is 7.80. The molecule has 0 bridgehead atoms. The van der Waals surface area contributed by atoms with E-state index in [4.69, 9.17) is 0 Å². The topological polar surface area (TPSA) is 23.5 Å². The van der Waals surface area contributed by atoms with Gasteiger partial charge in [-0.15, -0.1) is 0 Å². The first kappa shape index (κ1) is 24.3. The minimum Gasteiger partial charge on any atom is -0.507 e. The van der Waals surface area contributed by atoms with Gasteiger partial charge in [0.1, 0.15) is 5.75 Å². The zero-order chi connectivity index (χ0) is 24.6. The number of hydrogen-bond donors (Lipinski definition) is 1. The van der Waals surface area contributed by atoms with Crippen LogP contribution in [0.5, 0.6) is 5.75 Å². The van der Waals surface area contributed by atoms with Gasteiger partial charge < -0.3 is 10.0 Å². The number of nitrogens with zero attached hydrogens (tertiary/aromatic N) is 1. The lowest BCUT2D eigenvalue weighted by atomic mass is 10.0. The maximum Gasteiger partial charge on any atom is 0.125 e. The van der Waals surface area contributed by atoms with Crippen molar-refractivity contribution in [3.05, 3.63) is 132 Å². The van der Waals surface area contributed by atoms with E-state index in [1.54, 1.807) is 0 Å². The van der Waals surface area contributed by atoms with Crippen LogP contribution in [0.4, 0.5) is 17.1 Å². The molecule has 0 fully saturated rings. The van der Waals surface area contributed by atoms with Gasteiger partial charge in [0.05, 0.1) is 0 Å². The van der Waals surface area contributed by atoms with E-state index in [9.17, 15) is 5.11 Å². The lowest BCUT2D eigenvalue weighted by Crippen LogP contribution is -2.09. The molecule has 0 aliphatic rings. The molecular formula is C32H28BrNO. The van der Waals surface area contributed by atoms with Gasteiger partial charge in [-0.25, -0.2) is 0 Å². The van der Waals surface area contributed by atoms with Crippen LogP contribution >= 0.6 is 15.9 Å². The van der Waals surface area contributed by atoms with E-state index in [1.165, 1.54) is 5.56 Å². The molecule has 1 N–H and O–H groups in total. The summed E-state index contributed by atoms with van der Waals surface area (Å²) in [5.74, 6) is 0.245. The van der Waals surface area contributed by atoms with E-state index < -0.39 is 0 Å². The van der Waals surface area contributed by atoms with E-state index in [-0.39, 0.29) is 5.75 Å². The number of hydrogen-bond acceptors (Lipinski definition) is 2. The van der Waals surface area contributed by atoms with Crippen molar-refractivity contribution in [1.29, 1.82) is 0 Å². The monoisotopic (exact) mass is 521 g/mol. The van der Waals surface area contributed by atoms with Gasteiger partial charge in [0.15, 0.2) is 0 Å². The third-order valence-electron chi connectivity index (χ3n) is 5.62. The molecule has 0 saturated heterocycles. The minimum atomic E-state index is 0.245. The zero-order valence-electron chi connectivity index (χ0n) is 19.9. The highest BCUT2D eigenvalue weighted by molar-refractivity contribution is 9.10. The Morgan fingerprint density at radius 1 is 0.514 bits per heavy atom. The number of aromatic hydroxyl groups is 1. The van der Waals surface area contributed by atoms with Crippen molar-refractivity contribution in [3.8, 4) is 28.0 Å². The van der Waals surface area contributed by atoms with Crippen LogP contribution in [0.3, 0.4) is 0 Å². The van der Waals surface area contributed by atoms with Crippen molar-refractivity contribution in [1.82, 2.24) is 0 Å². The number of phenolic OH excluding ortho intramolecular Hbond substituents is 1. The normalized spacial score (nSPS) is 10.3. The first-order chi connectivity index (χ1) is 17.2. The first-order valence-corrected chi connectivity index (χ1v) is 12.6. The fourth-order valence-corrected chi connectivity index (χ4v) is 4.28. The minimum absolute atomic E-state index is 0.245. The standard InChI is InChI=1S/C30H22BrNO.C2H6/c31-25-16-14-23(15-17-25)29-19-18-28(21-30(29)33)32(26-11-5-2-6-12-26)27-13-7-10-24(20-27)22-8-3-1-4-9-22;1-2/h1-21,33H;1-2H3. The SMILES string of the molecule is CC.Oc1cc(N(c2ccccc2)c2cccc(-c3ccccc3)c2)ccc1-c1ccc(Br)cc1. The fourth-order valence-electron chi connectivity index (χ4n) is 4.01. The van der Waals surface area contributed by atoms with Gasteiger partial charge in [0, 0.05) is 33.2 Å². The lowest BCUT2D eigenvalue weighted by Gasteiger charge is -2.26.